The van der Waals surface area contributed by atoms with Crippen molar-refractivity contribution in [1.82, 2.24) is 15.1 Å². The van der Waals surface area contributed by atoms with E-state index in [1.54, 1.807) is 0 Å². The molecule has 0 amide bonds. The SMILES string of the molecule is Cn1ccc(CNC2CCC(N)CC2)n1. The number of aryl methyl sites for hydroxylation is 1. The highest BCUT2D eigenvalue weighted by atomic mass is 15.3. The van der Waals surface area contributed by atoms with E-state index < -0.39 is 0 Å². The van der Waals surface area contributed by atoms with Crippen molar-refractivity contribution < 1.29 is 0 Å². The predicted octanol–water partition coefficient (Wildman–Crippen LogP) is 0.780. The molecule has 4 nitrogen and oxygen atoms in total. The van der Waals surface area contributed by atoms with Gasteiger partial charge in [-0.3, -0.25) is 4.68 Å². The Labute approximate surface area is 90.8 Å². The van der Waals surface area contributed by atoms with Crippen LogP contribution < -0.4 is 11.1 Å². The van der Waals surface area contributed by atoms with Gasteiger partial charge in [0.05, 0.1) is 5.69 Å². The fourth-order valence-electron chi connectivity index (χ4n) is 2.13. The second-order valence-corrected chi connectivity index (χ2v) is 4.47. The summed E-state index contributed by atoms with van der Waals surface area (Å²) in [4.78, 5) is 0. The van der Waals surface area contributed by atoms with Crippen LogP contribution >= 0.6 is 0 Å². The first-order valence-electron chi connectivity index (χ1n) is 5.71. The van der Waals surface area contributed by atoms with Crippen LogP contribution in [0.3, 0.4) is 0 Å². The van der Waals surface area contributed by atoms with Gasteiger partial charge in [-0.1, -0.05) is 0 Å². The third-order valence-corrected chi connectivity index (χ3v) is 3.11. The smallest absolute Gasteiger partial charge is 0.0762 e. The lowest BCUT2D eigenvalue weighted by Gasteiger charge is -2.26. The summed E-state index contributed by atoms with van der Waals surface area (Å²) in [6, 6.07) is 3.12. The normalized spacial score (nSPS) is 26.8. The van der Waals surface area contributed by atoms with Crippen molar-refractivity contribution in [2.24, 2.45) is 12.8 Å². The molecule has 1 aromatic heterocycles. The van der Waals surface area contributed by atoms with Crippen LogP contribution in [0, 0.1) is 0 Å². The summed E-state index contributed by atoms with van der Waals surface area (Å²) in [6.07, 6.45) is 6.69. The number of nitrogens with two attached hydrogens (primary N) is 1. The van der Waals surface area contributed by atoms with Gasteiger partial charge in [-0.25, -0.2) is 0 Å². The number of nitrogens with zero attached hydrogens (tertiary/aromatic N) is 2. The maximum Gasteiger partial charge on any atom is 0.0762 e. The highest BCUT2D eigenvalue weighted by Gasteiger charge is 2.17. The molecule has 0 spiro atoms. The van der Waals surface area contributed by atoms with Gasteiger partial charge in [-0.05, 0) is 31.7 Å². The number of hydrogen-bond donors (Lipinski definition) is 2. The molecule has 1 aliphatic carbocycles. The van der Waals surface area contributed by atoms with Crippen LogP contribution in [0.15, 0.2) is 12.3 Å². The zero-order valence-electron chi connectivity index (χ0n) is 9.32. The number of rotatable bonds is 3. The van der Waals surface area contributed by atoms with Gasteiger partial charge < -0.3 is 11.1 Å². The van der Waals surface area contributed by atoms with Crippen molar-refractivity contribution in [2.75, 3.05) is 0 Å². The van der Waals surface area contributed by atoms with Crippen LogP contribution in [0.25, 0.3) is 0 Å². The van der Waals surface area contributed by atoms with E-state index in [1.807, 2.05) is 17.9 Å². The van der Waals surface area contributed by atoms with E-state index in [-0.39, 0.29) is 0 Å². The average Bonchev–Trinajstić information content (AvgIpc) is 2.64. The molecule has 1 aliphatic rings. The maximum atomic E-state index is 5.86. The summed E-state index contributed by atoms with van der Waals surface area (Å²) in [5, 5.41) is 7.88. The maximum absolute atomic E-state index is 5.86. The fourth-order valence-corrected chi connectivity index (χ4v) is 2.13. The quantitative estimate of drug-likeness (QED) is 0.772. The summed E-state index contributed by atoms with van der Waals surface area (Å²) in [7, 11) is 1.95. The molecule has 0 aromatic carbocycles. The standard InChI is InChI=1S/C11H20N4/c1-15-7-6-11(14-15)8-13-10-4-2-9(12)3-5-10/h6-7,9-10,13H,2-5,8,12H2,1H3. The molecular formula is C11H20N4. The van der Waals surface area contributed by atoms with Crippen LogP contribution in [0.1, 0.15) is 31.4 Å². The molecule has 15 heavy (non-hydrogen) atoms. The van der Waals surface area contributed by atoms with Crippen molar-refractivity contribution in [3.63, 3.8) is 0 Å². The topological polar surface area (TPSA) is 55.9 Å². The van der Waals surface area contributed by atoms with Crippen molar-refractivity contribution >= 4 is 0 Å². The summed E-state index contributed by atoms with van der Waals surface area (Å²) in [5.41, 5.74) is 6.98. The monoisotopic (exact) mass is 208 g/mol. The minimum atomic E-state index is 0.429. The van der Waals surface area contributed by atoms with Crippen molar-refractivity contribution in [3.8, 4) is 0 Å². The second-order valence-electron chi connectivity index (χ2n) is 4.47. The molecule has 4 heteroatoms. The van der Waals surface area contributed by atoms with E-state index in [1.165, 1.54) is 12.8 Å². The van der Waals surface area contributed by atoms with E-state index >= 15 is 0 Å². The lowest BCUT2D eigenvalue weighted by molar-refractivity contribution is 0.340. The van der Waals surface area contributed by atoms with Gasteiger partial charge in [0, 0.05) is 31.9 Å². The van der Waals surface area contributed by atoms with Gasteiger partial charge >= 0.3 is 0 Å². The molecule has 0 atom stereocenters. The Kier molecular flexibility index (Phi) is 3.38. The van der Waals surface area contributed by atoms with Crippen molar-refractivity contribution in [3.05, 3.63) is 18.0 Å². The minimum absolute atomic E-state index is 0.429. The van der Waals surface area contributed by atoms with Gasteiger partial charge in [-0.15, -0.1) is 0 Å². The molecule has 0 unspecified atom stereocenters. The molecular weight excluding hydrogens is 188 g/mol. The molecule has 2 rings (SSSR count). The summed E-state index contributed by atoms with van der Waals surface area (Å²) in [5.74, 6) is 0. The van der Waals surface area contributed by atoms with Gasteiger partial charge in [0.15, 0.2) is 0 Å². The fraction of sp³-hybridized carbons (Fsp3) is 0.727. The third-order valence-electron chi connectivity index (χ3n) is 3.11. The number of hydrogen-bond acceptors (Lipinski definition) is 3. The van der Waals surface area contributed by atoms with Crippen LogP contribution in [-0.4, -0.2) is 21.9 Å². The van der Waals surface area contributed by atoms with E-state index in [2.05, 4.69) is 16.5 Å². The summed E-state index contributed by atoms with van der Waals surface area (Å²) < 4.78 is 1.84. The molecule has 0 aliphatic heterocycles. The van der Waals surface area contributed by atoms with Gasteiger partial charge in [0.2, 0.25) is 0 Å². The summed E-state index contributed by atoms with van der Waals surface area (Å²) >= 11 is 0. The zero-order chi connectivity index (χ0) is 10.7. The highest BCUT2D eigenvalue weighted by molar-refractivity contribution is 4.98. The van der Waals surface area contributed by atoms with Crippen LogP contribution in [0.5, 0.6) is 0 Å². The Morgan fingerprint density at radius 3 is 2.80 bits per heavy atom. The molecule has 0 radical (unpaired) electrons. The van der Waals surface area contributed by atoms with E-state index in [0.29, 0.717) is 12.1 Å². The first-order chi connectivity index (χ1) is 7.24. The average molecular weight is 208 g/mol. The number of nitrogens with one attached hydrogen (secondary N) is 1. The Balaban J connectivity index is 1.74. The van der Waals surface area contributed by atoms with Crippen LogP contribution in [0.2, 0.25) is 0 Å². The van der Waals surface area contributed by atoms with Gasteiger partial charge in [0.1, 0.15) is 0 Å². The number of aromatic nitrogens is 2. The minimum Gasteiger partial charge on any atom is -0.328 e. The molecule has 1 saturated carbocycles. The molecule has 84 valence electrons. The summed E-state index contributed by atoms with van der Waals surface area (Å²) in [6.45, 7) is 0.876. The molecule has 0 bridgehead atoms. The Morgan fingerprint density at radius 2 is 2.20 bits per heavy atom. The Bertz CT molecular complexity index is 299. The Hall–Kier alpha value is -0.870. The van der Waals surface area contributed by atoms with Crippen molar-refractivity contribution in [2.45, 2.75) is 44.3 Å². The van der Waals surface area contributed by atoms with Gasteiger partial charge in [0.25, 0.3) is 0 Å². The van der Waals surface area contributed by atoms with Crippen LogP contribution in [-0.2, 0) is 13.6 Å². The molecule has 1 aromatic rings. The van der Waals surface area contributed by atoms with Crippen molar-refractivity contribution in [1.29, 1.82) is 0 Å². The predicted molar refractivity (Wildman–Crippen MR) is 60.3 cm³/mol. The van der Waals surface area contributed by atoms with E-state index in [9.17, 15) is 0 Å². The van der Waals surface area contributed by atoms with E-state index in [0.717, 1.165) is 25.1 Å². The van der Waals surface area contributed by atoms with E-state index in [4.69, 9.17) is 5.73 Å². The first-order valence-corrected chi connectivity index (χ1v) is 5.71. The van der Waals surface area contributed by atoms with Gasteiger partial charge in [-0.2, -0.15) is 5.10 Å². The zero-order valence-corrected chi connectivity index (χ0v) is 9.32. The molecule has 3 N–H and O–H groups in total. The lowest BCUT2D eigenvalue weighted by atomic mass is 9.92. The highest BCUT2D eigenvalue weighted by Crippen LogP contribution is 2.17. The first kappa shape index (κ1) is 10.6. The third kappa shape index (κ3) is 3.04. The second kappa shape index (κ2) is 4.77. The molecule has 1 heterocycles. The largest absolute Gasteiger partial charge is 0.328 e. The Morgan fingerprint density at radius 1 is 1.47 bits per heavy atom. The molecule has 1 fully saturated rings. The molecule has 0 saturated heterocycles. The van der Waals surface area contributed by atoms with Crippen LogP contribution in [0.4, 0.5) is 0 Å². The lowest BCUT2D eigenvalue weighted by Crippen LogP contribution is -2.37.